The van der Waals surface area contributed by atoms with Gasteiger partial charge in [0.15, 0.2) is 5.16 Å². The Labute approximate surface area is 184 Å². The van der Waals surface area contributed by atoms with Gasteiger partial charge in [0.2, 0.25) is 5.91 Å². The molecule has 0 atom stereocenters. The lowest BCUT2D eigenvalue weighted by Crippen LogP contribution is -2.24. The van der Waals surface area contributed by atoms with E-state index in [0.717, 1.165) is 28.7 Å². The molecule has 6 nitrogen and oxygen atoms in total. The third-order valence-corrected chi connectivity index (χ3v) is 5.70. The van der Waals surface area contributed by atoms with Gasteiger partial charge in [0.05, 0.1) is 17.0 Å². The van der Waals surface area contributed by atoms with E-state index in [2.05, 4.69) is 21.9 Å². The lowest BCUT2D eigenvalue weighted by molar-refractivity contribution is -0.137. The van der Waals surface area contributed by atoms with Crippen molar-refractivity contribution in [3.63, 3.8) is 0 Å². The Morgan fingerprint density at radius 3 is 2.66 bits per heavy atom. The highest BCUT2D eigenvalue weighted by Gasteiger charge is 2.33. The van der Waals surface area contributed by atoms with Gasteiger partial charge in [0, 0.05) is 17.4 Å². The molecule has 4 rings (SSSR count). The van der Waals surface area contributed by atoms with Crippen LogP contribution in [0.15, 0.2) is 71.1 Å². The van der Waals surface area contributed by atoms with Crippen molar-refractivity contribution >= 4 is 45.3 Å². The number of halogens is 3. The first-order valence-electron chi connectivity index (χ1n) is 9.50. The number of hydrogen-bond acceptors (Lipinski definition) is 4. The molecule has 1 amide bonds. The number of alkyl halides is 3. The second kappa shape index (κ2) is 8.54. The summed E-state index contributed by atoms with van der Waals surface area (Å²) in [6, 6.07) is 12.1. The van der Waals surface area contributed by atoms with E-state index >= 15 is 0 Å². The van der Waals surface area contributed by atoms with Crippen LogP contribution in [0.3, 0.4) is 0 Å². The summed E-state index contributed by atoms with van der Waals surface area (Å²) in [5.41, 5.74) is -0.0242. The molecular weight excluding hydrogens is 441 g/mol. The maximum atomic E-state index is 13.2. The van der Waals surface area contributed by atoms with Crippen molar-refractivity contribution in [2.24, 2.45) is 0 Å². The first-order chi connectivity index (χ1) is 15.3. The molecule has 2 heterocycles. The van der Waals surface area contributed by atoms with Crippen LogP contribution < -0.4 is 10.9 Å². The monoisotopic (exact) mass is 458 g/mol. The average Bonchev–Trinajstić information content (AvgIpc) is 3.13. The van der Waals surface area contributed by atoms with E-state index in [-0.39, 0.29) is 28.7 Å². The van der Waals surface area contributed by atoms with Crippen LogP contribution in [0.5, 0.6) is 0 Å². The van der Waals surface area contributed by atoms with Crippen LogP contribution in [0, 0.1) is 0 Å². The predicted octanol–water partition coefficient (Wildman–Crippen LogP) is 4.81. The van der Waals surface area contributed by atoms with Gasteiger partial charge >= 0.3 is 6.18 Å². The Balaban J connectivity index is 1.64. The largest absolute Gasteiger partial charge is 0.418 e. The molecule has 164 valence electrons. The minimum atomic E-state index is -4.59. The number of H-pyrrole nitrogens is 1. The Kier molecular flexibility index (Phi) is 5.79. The number of aromatic amines is 1. The molecule has 2 aromatic carbocycles. The molecule has 4 aromatic rings. The molecule has 0 aliphatic heterocycles. The third kappa shape index (κ3) is 4.13. The van der Waals surface area contributed by atoms with Gasteiger partial charge in [-0.2, -0.15) is 13.2 Å². The number of hydrogen-bond donors (Lipinski definition) is 2. The SMILES string of the molecule is C=CCn1c(SCC(=O)Nc2ccccc2C(F)(F)F)nc2c([nH]c3ccccc32)c1=O. The van der Waals surface area contributed by atoms with E-state index in [1.807, 2.05) is 24.3 Å². The van der Waals surface area contributed by atoms with Crippen molar-refractivity contribution in [3.8, 4) is 0 Å². The van der Waals surface area contributed by atoms with Gasteiger partial charge in [0.25, 0.3) is 5.56 Å². The normalized spacial score (nSPS) is 11.7. The minimum Gasteiger partial charge on any atom is -0.349 e. The molecule has 0 aliphatic rings. The molecule has 32 heavy (non-hydrogen) atoms. The van der Waals surface area contributed by atoms with E-state index in [9.17, 15) is 22.8 Å². The number of nitrogens with zero attached hydrogens (tertiary/aromatic N) is 2. The zero-order chi connectivity index (χ0) is 22.9. The van der Waals surface area contributed by atoms with Gasteiger partial charge in [-0.25, -0.2) is 4.98 Å². The molecule has 0 aliphatic carbocycles. The topological polar surface area (TPSA) is 79.8 Å². The molecule has 0 spiro atoms. The average molecular weight is 458 g/mol. The number of fused-ring (bicyclic) bond motifs is 3. The van der Waals surface area contributed by atoms with Crippen molar-refractivity contribution in [1.82, 2.24) is 14.5 Å². The quantitative estimate of drug-likeness (QED) is 0.247. The molecule has 0 fully saturated rings. The van der Waals surface area contributed by atoms with Crippen molar-refractivity contribution in [3.05, 3.63) is 77.1 Å². The van der Waals surface area contributed by atoms with Crippen molar-refractivity contribution < 1.29 is 18.0 Å². The fourth-order valence-corrected chi connectivity index (χ4v) is 4.13. The number of amides is 1. The zero-order valence-electron chi connectivity index (χ0n) is 16.6. The Bertz CT molecular complexity index is 1390. The second-order valence-electron chi connectivity index (χ2n) is 6.87. The standard InChI is InChI=1S/C22H17F3N4O2S/c1-2-11-29-20(31)19-18(13-7-3-5-9-15(13)27-19)28-21(29)32-12-17(30)26-16-10-6-4-8-14(16)22(23,24)25/h2-10,27H,1,11-12H2,(H,26,30). The van der Waals surface area contributed by atoms with Crippen molar-refractivity contribution in [2.75, 3.05) is 11.1 Å². The van der Waals surface area contributed by atoms with Gasteiger partial charge in [-0.15, -0.1) is 6.58 Å². The van der Waals surface area contributed by atoms with E-state index in [0.29, 0.717) is 11.0 Å². The first kappa shape index (κ1) is 21.7. The molecular formula is C22H17F3N4O2S. The highest BCUT2D eigenvalue weighted by molar-refractivity contribution is 7.99. The maximum Gasteiger partial charge on any atom is 0.418 e. The summed E-state index contributed by atoms with van der Waals surface area (Å²) < 4.78 is 40.8. The maximum absolute atomic E-state index is 13.2. The summed E-state index contributed by atoms with van der Waals surface area (Å²) in [5, 5.41) is 3.32. The first-order valence-corrected chi connectivity index (χ1v) is 10.5. The van der Waals surface area contributed by atoms with Gasteiger partial charge in [0.1, 0.15) is 11.0 Å². The van der Waals surface area contributed by atoms with E-state index in [4.69, 9.17) is 0 Å². The second-order valence-corrected chi connectivity index (χ2v) is 7.82. The molecule has 0 unspecified atom stereocenters. The zero-order valence-corrected chi connectivity index (χ0v) is 17.4. The fraction of sp³-hybridized carbons (Fsp3) is 0.136. The number of nitrogens with one attached hydrogen (secondary N) is 2. The Morgan fingerprint density at radius 2 is 1.91 bits per heavy atom. The number of rotatable bonds is 6. The summed E-state index contributed by atoms with van der Waals surface area (Å²) in [4.78, 5) is 33.0. The van der Waals surface area contributed by atoms with Gasteiger partial charge in [-0.1, -0.05) is 48.2 Å². The van der Waals surface area contributed by atoms with Crippen molar-refractivity contribution in [2.45, 2.75) is 17.9 Å². The minimum absolute atomic E-state index is 0.165. The summed E-state index contributed by atoms with van der Waals surface area (Å²) in [6.07, 6.45) is -3.06. The molecule has 2 N–H and O–H groups in total. The van der Waals surface area contributed by atoms with E-state index in [1.165, 1.54) is 28.8 Å². The molecule has 2 aromatic heterocycles. The van der Waals surface area contributed by atoms with Crippen LogP contribution in [0.2, 0.25) is 0 Å². The van der Waals surface area contributed by atoms with E-state index < -0.39 is 17.6 Å². The summed E-state index contributed by atoms with van der Waals surface area (Å²) in [6.45, 7) is 3.82. The van der Waals surface area contributed by atoms with Crippen LogP contribution >= 0.6 is 11.8 Å². The van der Waals surface area contributed by atoms with Crippen molar-refractivity contribution in [1.29, 1.82) is 0 Å². The van der Waals surface area contributed by atoms with Crippen LogP contribution in [-0.2, 0) is 17.5 Å². The van der Waals surface area contributed by atoms with Crippen LogP contribution in [0.1, 0.15) is 5.56 Å². The lowest BCUT2D eigenvalue weighted by Gasteiger charge is -2.14. The van der Waals surface area contributed by atoms with Crippen LogP contribution in [-0.4, -0.2) is 26.2 Å². The molecule has 0 saturated carbocycles. The summed E-state index contributed by atoms with van der Waals surface area (Å²) >= 11 is 0.966. The number of allylic oxidation sites excluding steroid dienone is 1. The Morgan fingerprint density at radius 1 is 1.19 bits per heavy atom. The fourth-order valence-electron chi connectivity index (χ4n) is 3.33. The lowest BCUT2D eigenvalue weighted by atomic mass is 10.1. The molecule has 10 heteroatoms. The van der Waals surface area contributed by atoms with Crippen LogP contribution in [0.4, 0.5) is 18.9 Å². The number of carbonyl (C=O) groups excluding carboxylic acids is 1. The van der Waals surface area contributed by atoms with Gasteiger partial charge < -0.3 is 10.3 Å². The predicted molar refractivity (Wildman–Crippen MR) is 119 cm³/mol. The molecule has 0 saturated heterocycles. The number of anilines is 1. The smallest absolute Gasteiger partial charge is 0.349 e. The number of thioether (sulfide) groups is 1. The Hall–Kier alpha value is -3.53. The number of aromatic nitrogens is 3. The summed E-state index contributed by atoms with van der Waals surface area (Å²) in [7, 11) is 0. The number of benzene rings is 2. The third-order valence-electron chi connectivity index (χ3n) is 4.73. The van der Waals surface area contributed by atoms with E-state index in [1.54, 1.807) is 0 Å². The van der Waals surface area contributed by atoms with Gasteiger partial charge in [-0.05, 0) is 18.2 Å². The highest BCUT2D eigenvalue weighted by Crippen LogP contribution is 2.34. The summed E-state index contributed by atoms with van der Waals surface area (Å²) in [5.74, 6) is -0.881. The number of carbonyl (C=O) groups is 1. The molecule has 0 radical (unpaired) electrons. The number of para-hydroxylation sites is 2. The molecule has 0 bridgehead atoms. The van der Waals surface area contributed by atoms with Gasteiger partial charge in [-0.3, -0.25) is 14.2 Å². The highest BCUT2D eigenvalue weighted by atomic mass is 32.2. The van der Waals surface area contributed by atoms with Crippen LogP contribution in [0.25, 0.3) is 21.9 Å².